The minimum atomic E-state index is -0.910. The minimum absolute atomic E-state index is 0.118. The quantitative estimate of drug-likeness (QED) is 0.558. The molecule has 2 saturated heterocycles. The lowest BCUT2D eigenvalue weighted by Gasteiger charge is -2.42. The Morgan fingerprint density at radius 2 is 2.00 bits per heavy atom. The molecule has 2 aliphatic rings. The van der Waals surface area contributed by atoms with Crippen LogP contribution in [0.4, 0.5) is 0 Å². The summed E-state index contributed by atoms with van der Waals surface area (Å²) in [5.74, 6) is -0.0166. The molecular weight excluding hydrogens is 420 g/mol. The lowest BCUT2D eigenvalue weighted by atomic mass is 9.91. The second-order valence-corrected chi connectivity index (χ2v) is 9.00. The highest BCUT2D eigenvalue weighted by Gasteiger charge is 2.34. The van der Waals surface area contributed by atoms with Gasteiger partial charge in [0.05, 0.1) is 32.0 Å². The summed E-state index contributed by atoms with van der Waals surface area (Å²) in [4.78, 5) is 17.2. The van der Waals surface area contributed by atoms with Crippen molar-refractivity contribution in [3.63, 3.8) is 0 Å². The second kappa shape index (κ2) is 9.17. The van der Waals surface area contributed by atoms with Gasteiger partial charge in [-0.05, 0) is 55.2 Å². The lowest BCUT2D eigenvalue weighted by Crippen LogP contribution is -2.44. The van der Waals surface area contributed by atoms with Gasteiger partial charge in [-0.1, -0.05) is 12.1 Å². The summed E-state index contributed by atoms with van der Waals surface area (Å²) >= 11 is 0. The molecule has 0 bridgehead atoms. The molecule has 7 heteroatoms. The van der Waals surface area contributed by atoms with Crippen LogP contribution < -0.4 is 4.74 Å². The molecular formula is C26H30N2O5. The van der Waals surface area contributed by atoms with Crippen LogP contribution in [0.5, 0.6) is 5.75 Å². The molecule has 0 radical (unpaired) electrons. The number of piperidine rings is 1. The molecule has 2 atom stereocenters. The van der Waals surface area contributed by atoms with Crippen molar-refractivity contribution in [2.75, 3.05) is 26.9 Å². The van der Waals surface area contributed by atoms with E-state index in [0.29, 0.717) is 18.8 Å². The van der Waals surface area contributed by atoms with Crippen molar-refractivity contribution >= 4 is 16.9 Å². The second-order valence-electron chi connectivity index (χ2n) is 9.00. The fourth-order valence-corrected chi connectivity index (χ4v) is 5.04. The maximum Gasteiger partial charge on any atom is 0.335 e. The van der Waals surface area contributed by atoms with Crippen molar-refractivity contribution in [1.29, 1.82) is 0 Å². The first kappa shape index (κ1) is 21.9. The SMILES string of the molecule is COc1cc(C)c2[nH]ccc2c1CN1CC[C@@H](OC2COC2)C[C@@H]1c1ccc(C(=O)O)cc1. The van der Waals surface area contributed by atoms with E-state index in [1.807, 2.05) is 18.3 Å². The number of H-pyrrole nitrogens is 1. The van der Waals surface area contributed by atoms with Crippen LogP contribution in [0.2, 0.25) is 0 Å². The molecule has 0 aliphatic carbocycles. The van der Waals surface area contributed by atoms with E-state index in [0.717, 1.165) is 48.3 Å². The Balaban J connectivity index is 1.46. The van der Waals surface area contributed by atoms with E-state index in [2.05, 4.69) is 28.9 Å². The van der Waals surface area contributed by atoms with E-state index in [-0.39, 0.29) is 18.2 Å². The van der Waals surface area contributed by atoms with E-state index >= 15 is 0 Å². The van der Waals surface area contributed by atoms with Crippen LogP contribution >= 0.6 is 0 Å². The number of benzene rings is 2. The number of nitrogens with one attached hydrogen (secondary N) is 1. The van der Waals surface area contributed by atoms with E-state index in [1.54, 1.807) is 19.2 Å². The maximum atomic E-state index is 11.3. The number of methoxy groups -OCH3 is 1. The number of rotatable bonds is 7. The fraction of sp³-hybridized carbons (Fsp3) is 0.423. The fourth-order valence-electron chi connectivity index (χ4n) is 5.04. The Kier molecular flexibility index (Phi) is 6.10. The number of hydrogen-bond donors (Lipinski definition) is 2. The summed E-state index contributed by atoms with van der Waals surface area (Å²) in [6.07, 6.45) is 4.13. The van der Waals surface area contributed by atoms with Gasteiger partial charge in [0.2, 0.25) is 0 Å². The third kappa shape index (κ3) is 4.36. The number of nitrogens with zero attached hydrogens (tertiary/aromatic N) is 1. The Hall–Kier alpha value is -2.87. The molecule has 0 spiro atoms. The zero-order chi connectivity index (χ0) is 22.9. The standard InChI is InChI=1S/C26H30N2O5/c1-16-11-24(31-2)22(21-7-9-27-25(16)21)13-28-10-8-19(33-20-14-32-15-20)12-23(28)17-3-5-18(6-4-17)26(29)30/h3-7,9,11,19-20,23,27H,8,10,12-15H2,1-2H3,(H,29,30)/t19-,23-/m1/s1. The van der Waals surface area contributed by atoms with Crippen LogP contribution in [0, 0.1) is 6.92 Å². The van der Waals surface area contributed by atoms with Gasteiger partial charge in [-0.3, -0.25) is 4.90 Å². The Morgan fingerprint density at radius 3 is 2.67 bits per heavy atom. The Morgan fingerprint density at radius 1 is 1.21 bits per heavy atom. The van der Waals surface area contributed by atoms with Gasteiger partial charge in [-0.25, -0.2) is 4.79 Å². The van der Waals surface area contributed by atoms with Crippen LogP contribution in [0.1, 0.15) is 45.9 Å². The molecule has 7 nitrogen and oxygen atoms in total. The van der Waals surface area contributed by atoms with Crippen molar-refractivity contribution < 1.29 is 24.1 Å². The predicted octanol–water partition coefficient (Wildman–Crippen LogP) is 4.30. The third-order valence-electron chi connectivity index (χ3n) is 6.89. The average Bonchev–Trinajstić information content (AvgIpc) is 3.29. The molecule has 1 aromatic heterocycles. The van der Waals surface area contributed by atoms with Crippen molar-refractivity contribution in [1.82, 2.24) is 9.88 Å². The molecule has 2 aromatic carbocycles. The zero-order valence-electron chi connectivity index (χ0n) is 19.0. The molecule has 3 aromatic rings. The smallest absolute Gasteiger partial charge is 0.335 e. The summed E-state index contributed by atoms with van der Waals surface area (Å²) in [6.45, 7) is 5.05. The van der Waals surface area contributed by atoms with Crippen molar-refractivity contribution in [3.8, 4) is 5.75 Å². The number of carboxylic acids is 1. The third-order valence-corrected chi connectivity index (χ3v) is 6.89. The maximum absolute atomic E-state index is 11.3. The number of fused-ring (bicyclic) bond motifs is 1. The highest BCUT2D eigenvalue weighted by atomic mass is 16.6. The van der Waals surface area contributed by atoms with Crippen LogP contribution in [-0.2, 0) is 16.0 Å². The number of carboxylic acid groups (broad SMARTS) is 1. The number of aryl methyl sites for hydroxylation is 1. The molecule has 2 N–H and O–H groups in total. The average molecular weight is 451 g/mol. The normalized spacial score (nSPS) is 21.8. The number of ether oxygens (including phenoxy) is 3. The monoisotopic (exact) mass is 450 g/mol. The first-order chi connectivity index (χ1) is 16.0. The molecule has 174 valence electrons. The van der Waals surface area contributed by atoms with Crippen LogP contribution in [0.25, 0.3) is 10.9 Å². The molecule has 3 heterocycles. The number of likely N-dealkylation sites (tertiary alicyclic amines) is 1. The van der Waals surface area contributed by atoms with Gasteiger partial charge in [-0.2, -0.15) is 0 Å². The summed E-state index contributed by atoms with van der Waals surface area (Å²) in [5, 5.41) is 10.5. The molecule has 2 aliphatic heterocycles. The number of carbonyl (C=O) groups is 1. The first-order valence-electron chi connectivity index (χ1n) is 11.5. The highest BCUT2D eigenvalue weighted by molar-refractivity contribution is 5.88. The molecule has 0 unspecified atom stereocenters. The van der Waals surface area contributed by atoms with E-state index in [1.165, 1.54) is 10.9 Å². The Bertz CT molecular complexity index is 1140. The summed E-state index contributed by atoms with van der Waals surface area (Å²) < 4.78 is 17.3. The van der Waals surface area contributed by atoms with Gasteiger partial charge in [0.15, 0.2) is 0 Å². The van der Waals surface area contributed by atoms with Crippen molar-refractivity contribution in [2.24, 2.45) is 0 Å². The van der Waals surface area contributed by atoms with Crippen molar-refractivity contribution in [2.45, 2.75) is 44.6 Å². The predicted molar refractivity (Wildman–Crippen MR) is 125 cm³/mol. The van der Waals surface area contributed by atoms with Gasteiger partial charge in [-0.15, -0.1) is 0 Å². The topological polar surface area (TPSA) is 84.0 Å². The largest absolute Gasteiger partial charge is 0.496 e. The summed E-state index contributed by atoms with van der Waals surface area (Å²) in [7, 11) is 1.72. The molecule has 2 fully saturated rings. The van der Waals surface area contributed by atoms with Gasteiger partial charge >= 0.3 is 5.97 Å². The van der Waals surface area contributed by atoms with Gasteiger partial charge in [0.25, 0.3) is 0 Å². The van der Waals surface area contributed by atoms with Crippen molar-refractivity contribution in [3.05, 3.63) is 64.8 Å². The van der Waals surface area contributed by atoms with Crippen LogP contribution in [-0.4, -0.2) is 60.0 Å². The lowest BCUT2D eigenvalue weighted by molar-refractivity contribution is -0.167. The van der Waals surface area contributed by atoms with Gasteiger partial charge < -0.3 is 24.3 Å². The van der Waals surface area contributed by atoms with E-state index in [9.17, 15) is 9.90 Å². The molecule has 33 heavy (non-hydrogen) atoms. The summed E-state index contributed by atoms with van der Waals surface area (Å²) in [5.41, 5.74) is 4.87. The van der Waals surface area contributed by atoms with Gasteiger partial charge in [0.1, 0.15) is 11.9 Å². The number of aromatic nitrogens is 1. The molecule has 0 amide bonds. The molecule has 0 saturated carbocycles. The Labute approximate surface area is 193 Å². The number of hydrogen-bond acceptors (Lipinski definition) is 5. The van der Waals surface area contributed by atoms with Gasteiger partial charge in [0, 0.05) is 41.8 Å². The van der Waals surface area contributed by atoms with E-state index < -0.39 is 5.97 Å². The highest BCUT2D eigenvalue weighted by Crippen LogP contribution is 2.38. The number of aromatic carboxylic acids is 1. The van der Waals surface area contributed by atoms with Crippen LogP contribution in [0.15, 0.2) is 42.6 Å². The minimum Gasteiger partial charge on any atom is -0.496 e. The van der Waals surface area contributed by atoms with Crippen LogP contribution in [0.3, 0.4) is 0 Å². The summed E-state index contributed by atoms with van der Waals surface area (Å²) in [6, 6.07) is 11.6. The zero-order valence-corrected chi connectivity index (χ0v) is 19.0. The van der Waals surface area contributed by atoms with E-state index in [4.69, 9.17) is 14.2 Å². The number of aromatic amines is 1. The molecule has 5 rings (SSSR count). The first-order valence-corrected chi connectivity index (χ1v) is 11.5.